The second kappa shape index (κ2) is 7.39. The van der Waals surface area contributed by atoms with Gasteiger partial charge in [0.2, 0.25) is 0 Å². The standard InChI is InChI=1S/C18H31N3/c1-14(2)15-7-9-16(10-8-15)18(19)13-21-11-5-6-17(12-21)20(3)4/h7-10,14,17-18H,5-6,11-13,19H2,1-4H3. The molecule has 1 fully saturated rings. The summed E-state index contributed by atoms with van der Waals surface area (Å²) in [4.78, 5) is 4.87. The van der Waals surface area contributed by atoms with Gasteiger partial charge in [0.15, 0.2) is 0 Å². The first kappa shape index (κ1) is 16.5. The van der Waals surface area contributed by atoms with E-state index in [0.29, 0.717) is 12.0 Å². The lowest BCUT2D eigenvalue weighted by Crippen LogP contribution is -2.47. The summed E-state index contributed by atoms with van der Waals surface area (Å²) in [7, 11) is 4.36. The maximum atomic E-state index is 6.42. The minimum Gasteiger partial charge on any atom is -0.323 e. The highest BCUT2D eigenvalue weighted by atomic mass is 15.2. The van der Waals surface area contributed by atoms with Crippen molar-refractivity contribution in [1.29, 1.82) is 0 Å². The van der Waals surface area contributed by atoms with Gasteiger partial charge < -0.3 is 10.6 Å². The third-order valence-electron chi connectivity index (χ3n) is 4.70. The van der Waals surface area contributed by atoms with Gasteiger partial charge in [-0.15, -0.1) is 0 Å². The number of likely N-dealkylation sites (tertiary alicyclic amines) is 1. The van der Waals surface area contributed by atoms with Crippen molar-refractivity contribution in [3.8, 4) is 0 Å². The zero-order valence-corrected chi connectivity index (χ0v) is 14.0. The van der Waals surface area contributed by atoms with Crippen LogP contribution in [0.4, 0.5) is 0 Å². The molecule has 0 aliphatic carbocycles. The summed E-state index contributed by atoms with van der Waals surface area (Å²) in [5, 5.41) is 0. The Morgan fingerprint density at radius 1 is 1.19 bits per heavy atom. The molecular formula is C18H31N3. The molecule has 2 rings (SSSR count). The molecule has 0 saturated carbocycles. The average Bonchev–Trinajstić information content (AvgIpc) is 2.47. The number of rotatable bonds is 5. The lowest BCUT2D eigenvalue weighted by atomic mass is 9.98. The number of hydrogen-bond donors (Lipinski definition) is 1. The fourth-order valence-corrected chi connectivity index (χ4v) is 3.13. The van der Waals surface area contributed by atoms with Crippen LogP contribution in [0.3, 0.4) is 0 Å². The van der Waals surface area contributed by atoms with Crippen LogP contribution in [-0.2, 0) is 0 Å². The van der Waals surface area contributed by atoms with E-state index < -0.39 is 0 Å². The van der Waals surface area contributed by atoms with Crippen molar-refractivity contribution in [3.05, 3.63) is 35.4 Å². The Morgan fingerprint density at radius 3 is 2.38 bits per heavy atom. The summed E-state index contributed by atoms with van der Waals surface area (Å²) in [5.74, 6) is 0.582. The van der Waals surface area contributed by atoms with Gasteiger partial charge >= 0.3 is 0 Å². The summed E-state index contributed by atoms with van der Waals surface area (Å²) >= 11 is 0. The van der Waals surface area contributed by atoms with Gasteiger partial charge in [0.1, 0.15) is 0 Å². The Bertz CT molecular complexity index is 425. The Morgan fingerprint density at radius 2 is 1.81 bits per heavy atom. The van der Waals surface area contributed by atoms with Gasteiger partial charge in [0, 0.05) is 25.2 Å². The van der Waals surface area contributed by atoms with Crippen LogP contribution in [-0.4, -0.2) is 49.6 Å². The van der Waals surface area contributed by atoms with Gasteiger partial charge in [-0.05, 0) is 50.5 Å². The van der Waals surface area contributed by atoms with Crippen LogP contribution in [0, 0.1) is 0 Å². The molecule has 0 amide bonds. The van der Waals surface area contributed by atoms with Crippen molar-refractivity contribution in [2.24, 2.45) is 5.73 Å². The molecule has 0 spiro atoms. The maximum Gasteiger partial charge on any atom is 0.0424 e. The van der Waals surface area contributed by atoms with E-state index in [0.717, 1.165) is 13.1 Å². The predicted octanol–water partition coefficient (Wildman–Crippen LogP) is 2.84. The predicted molar refractivity (Wildman–Crippen MR) is 90.6 cm³/mol. The van der Waals surface area contributed by atoms with Crippen LogP contribution in [0.5, 0.6) is 0 Å². The molecule has 2 atom stereocenters. The lowest BCUT2D eigenvalue weighted by Gasteiger charge is -2.37. The fourth-order valence-electron chi connectivity index (χ4n) is 3.13. The number of nitrogens with zero attached hydrogens (tertiary/aromatic N) is 2. The molecule has 1 heterocycles. The van der Waals surface area contributed by atoms with Crippen molar-refractivity contribution >= 4 is 0 Å². The van der Waals surface area contributed by atoms with Crippen LogP contribution in [0.1, 0.15) is 49.8 Å². The van der Waals surface area contributed by atoms with E-state index in [1.165, 1.54) is 30.5 Å². The summed E-state index contributed by atoms with van der Waals surface area (Å²) in [5.41, 5.74) is 9.06. The molecule has 2 N–H and O–H groups in total. The quantitative estimate of drug-likeness (QED) is 0.904. The highest BCUT2D eigenvalue weighted by molar-refractivity contribution is 5.26. The van der Waals surface area contributed by atoms with Crippen molar-refractivity contribution in [2.45, 2.75) is 44.7 Å². The van der Waals surface area contributed by atoms with E-state index in [-0.39, 0.29) is 6.04 Å². The molecule has 3 nitrogen and oxygen atoms in total. The van der Waals surface area contributed by atoms with Gasteiger partial charge in [-0.2, -0.15) is 0 Å². The molecule has 0 radical (unpaired) electrons. The molecule has 1 aromatic carbocycles. The second-order valence-electron chi connectivity index (χ2n) is 6.95. The van der Waals surface area contributed by atoms with Crippen LogP contribution in [0.2, 0.25) is 0 Å². The minimum absolute atomic E-state index is 0.118. The summed E-state index contributed by atoms with van der Waals surface area (Å²) in [6, 6.07) is 9.64. The first-order valence-electron chi connectivity index (χ1n) is 8.21. The van der Waals surface area contributed by atoms with Gasteiger partial charge in [-0.1, -0.05) is 38.1 Å². The van der Waals surface area contributed by atoms with Gasteiger partial charge in [-0.3, -0.25) is 4.90 Å². The van der Waals surface area contributed by atoms with E-state index >= 15 is 0 Å². The molecule has 0 aromatic heterocycles. The zero-order valence-electron chi connectivity index (χ0n) is 14.0. The van der Waals surface area contributed by atoms with Crippen molar-refractivity contribution < 1.29 is 0 Å². The normalized spacial score (nSPS) is 22.0. The Labute approximate surface area is 130 Å². The van der Waals surface area contributed by atoms with E-state index in [4.69, 9.17) is 5.73 Å². The minimum atomic E-state index is 0.118. The molecule has 3 heteroatoms. The molecule has 118 valence electrons. The summed E-state index contributed by atoms with van der Waals surface area (Å²) in [6.07, 6.45) is 2.59. The zero-order chi connectivity index (χ0) is 15.4. The summed E-state index contributed by atoms with van der Waals surface area (Å²) in [6.45, 7) is 7.74. The molecule has 1 saturated heterocycles. The maximum absolute atomic E-state index is 6.42. The number of nitrogens with two attached hydrogens (primary N) is 1. The van der Waals surface area contributed by atoms with Crippen LogP contribution in [0.15, 0.2) is 24.3 Å². The molecular weight excluding hydrogens is 258 g/mol. The fraction of sp³-hybridized carbons (Fsp3) is 0.667. The first-order valence-corrected chi connectivity index (χ1v) is 8.21. The molecule has 1 aliphatic heterocycles. The van der Waals surface area contributed by atoms with Gasteiger partial charge in [0.25, 0.3) is 0 Å². The van der Waals surface area contributed by atoms with Crippen LogP contribution >= 0.6 is 0 Å². The van der Waals surface area contributed by atoms with Crippen LogP contribution < -0.4 is 5.73 Å². The number of benzene rings is 1. The average molecular weight is 289 g/mol. The topological polar surface area (TPSA) is 32.5 Å². The Kier molecular flexibility index (Phi) is 5.80. The molecule has 0 bridgehead atoms. The number of likely N-dealkylation sites (N-methyl/N-ethyl adjacent to an activating group) is 1. The van der Waals surface area contributed by atoms with Crippen molar-refractivity contribution in [3.63, 3.8) is 0 Å². The molecule has 2 unspecified atom stereocenters. The van der Waals surface area contributed by atoms with E-state index in [9.17, 15) is 0 Å². The van der Waals surface area contributed by atoms with E-state index in [1.807, 2.05) is 0 Å². The smallest absolute Gasteiger partial charge is 0.0424 e. The number of piperidine rings is 1. The molecule has 21 heavy (non-hydrogen) atoms. The highest BCUT2D eigenvalue weighted by Crippen LogP contribution is 2.20. The Hall–Kier alpha value is -0.900. The third kappa shape index (κ3) is 4.53. The SMILES string of the molecule is CC(C)c1ccc(C(N)CN2CCCC(N(C)C)C2)cc1. The van der Waals surface area contributed by atoms with E-state index in [2.05, 4.69) is 62.0 Å². The highest BCUT2D eigenvalue weighted by Gasteiger charge is 2.22. The Balaban J connectivity index is 1.92. The lowest BCUT2D eigenvalue weighted by molar-refractivity contribution is 0.128. The third-order valence-corrected chi connectivity index (χ3v) is 4.70. The van der Waals surface area contributed by atoms with Crippen molar-refractivity contribution in [1.82, 2.24) is 9.80 Å². The van der Waals surface area contributed by atoms with Gasteiger partial charge in [-0.25, -0.2) is 0 Å². The monoisotopic (exact) mass is 289 g/mol. The van der Waals surface area contributed by atoms with Crippen molar-refractivity contribution in [2.75, 3.05) is 33.7 Å². The number of hydrogen-bond acceptors (Lipinski definition) is 3. The first-order chi connectivity index (χ1) is 9.97. The second-order valence-corrected chi connectivity index (χ2v) is 6.95. The molecule has 1 aliphatic rings. The van der Waals surface area contributed by atoms with E-state index in [1.54, 1.807) is 0 Å². The van der Waals surface area contributed by atoms with Crippen LogP contribution in [0.25, 0.3) is 0 Å². The molecule has 1 aromatic rings. The summed E-state index contributed by atoms with van der Waals surface area (Å²) < 4.78 is 0. The van der Waals surface area contributed by atoms with Gasteiger partial charge in [0.05, 0.1) is 0 Å². The largest absolute Gasteiger partial charge is 0.323 e.